The molecule has 1 aromatic carbocycles. The summed E-state index contributed by atoms with van der Waals surface area (Å²) in [5, 5.41) is 0. The van der Waals surface area contributed by atoms with Gasteiger partial charge in [0.15, 0.2) is 0 Å². The number of likely N-dealkylation sites (tertiary alicyclic amines) is 1. The summed E-state index contributed by atoms with van der Waals surface area (Å²) in [6, 6.07) is 14.8. The van der Waals surface area contributed by atoms with E-state index >= 15 is 0 Å². The fraction of sp³-hybridized carbons (Fsp3) is 0.421. The highest BCUT2D eigenvalue weighted by atomic mass is 32.2. The number of thioether (sulfide) groups is 1. The van der Waals surface area contributed by atoms with Gasteiger partial charge in [0, 0.05) is 42.5 Å². The second-order valence-electron chi connectivity index (χ2n) is 6.62. The summed E-state index contributed by atoms with van der Waals surface area (Å²) in [4.78, 5) is 6.69. The zero-order chi connectivity index (χ0) is 15.5. The summed E-state index contributed by atoms with van der Waals surface area (Å²) in [5.74, 6) is 1.12. The molecule has 4 rings (SSSR count). The van der Waals surface area contributed by atoms with Gasteiger partial charge in [-0.3, -0.25) is 9.88 Å². The van der Waals surface area contributed by atoms with Crippen molar-refractivity contribution in [3.63, 3.8) is 0 Å². The van der Waals surface area contributed by atoms with Crippen molar-refractivity contribution >= 4 is 11.8 Å². The van der Waals surface area contributed by atoms with Crippen molar-refractivity contribution in [3.05, 3.63) is 66.0 Å². The summed E-state index contributed by atoms with van der Waals surface area (Å²) in [5.41, 5.74) is 2.58. The van der Waals surface area contributed by atoms with Crippen LogP contribution in [0.15, 0.2) is 54.9 Å². The number of ether oxygens (including phenoxy) is 1. The summed E-state index contributed by atoms with van der Waals surface area (Å²) in [6.07, 6.45) is 5.27. The molecule has 2 aliphatic rings. The van der Waals surface area contributed by atoms with Crippen molar-refractivity contribution in [1.82, 2.24) is 9.88 Å². The molecule has 3 heterocycles. The van der Waals surface area contributed by atoms with Crippen molar-refractivity contribution in [3.8, 4) is 0 Å². The van der Waals surface area contributed by atoms with E-state index in [1.807, 2.05) is 12.3 Å². The van der Waals surface area contributed by atoms with Crippen LogP contribution in [0.2, 0.25) is 0 Å². The van der Waals surface area contributed by atoms with Crippen LogP contribution in [0.5, 0.6) is 0 Å². The third-order valence-corrected chi connectivity index (χ3v) is 6.23. The molecule has 0 N–H and O–H groups in total. The van der Waals surface area contributed by atoms with Gasteiger partial charge in [-0.25, -0.2) is 0 Å². The van der Waals surface area contributed by atoms with Crippen LogP contribution >= 0.6 is 11.8 Å². The minimum Gasteiger partial charge on any atom is -0.373 e. The molecule has 0 unspecified atom stereocenters. The Labute approximate surface area is 142 Å². The zero-order valence-corrected chi connectivity index (χ0v) is 14.0. The quantitative estimate of drug-likeness (QED) is 0.841. The van der Waals surface area contributed by atoms with Gasteiger partial charge in [-0.2, -0.15) is 0 Å². The molecule has 0 aliphatic carbocycles. The predicted octanol–water partition coefficient (Wildman–Crippen LogP) is 3.36. The minimum absolute atomic E-state index is 0.388. The van der Waals surface area contributed by atoms with Crippen molar-refractivity contribution in [2.24, 2.45) is 0 Å². The molecule has 2 aliphatic heterocycles. The molecular weight excluding hydrogens is 304 g/mol. The van der Waals surface area contributed by atoms with Crippen LogP contribution in [0.3, 0.4) is 0 Å². The molecule has 1 spiro atoms. The molecular formula is C19H22N2OS. The Morgan fingerprint density at radius 3 is 2.74 bits per heavy atom. The van der Waals surface area contributed by atoms with E-state index < -0.39 is 0 Å². The van der Waals surface area contributed by atoms with Crippen LogP contribution in [0, 0.1) is 0 Å². The number of nitrogens with zero attached hydrogens (tertiary/aromatic N) is 2. The van der Waals surface area contributed by atoms with Gasteiger partial charge in [0.1, 0.15) is 0 Å². The van der Waals surface area contributed by atoms with Crippen LogP contribution in [-0.2, 0) is 17.9 Å². The van der Waals surface area contributed by atoms with Crippen LogP contribution < -0.4 is 0 Å². The maximum Gasteiger partial charge on any atom is 0.0736 e. The van der Waals surface area contributed by atoms with E-state index in [4.69, 9.17) is 4.74 Å². The molecule has 2 saturated heterocycles. The van der Waals surface area contributed by atoms with Gasteiger partial charge in [-0.15, -0.1) is 11.8 Å². The smallest absolute Gasteiger partial charge is 0.0736 e. The van der Waals surface area contributed by atoms with Crippen LogP contribution in [-0.4, -0.2) is 39.6 Å². The van der Waals surface area contributed by atoms with E-state index in [2.05, 4.69) is 58.0 Å². The number of benzene rings is 1. The Morgan fingerprint density at radius 1 is 1.13 bits per heavy atom. The zero-order valence-electron chi connectivity index (χ0n) is 13.2. The van der Waals surface area contributed by atoms with Crippen molar-refractivity contribution in [1.29, 1.82) is 0 Å². The molecule has 2 fully saturated rings. The molecule has 0 bridgehead atoms. The first-order chi connectivity index (χ1) is 11.3. The van der Waals surface area contributed by atoms with Crippen LogP contribution in [0.25, 0.3) is 0 Å². The topological polar surface area (TPSA) is 25.4 Å². The molecule has 120 valence electrons. The highest BCUT2D eigenvalue weighted by Gasteiger charge is 2.49. The maximum atomic E-state index is 6.09. The van der Waals surface area contributed by atoms with E-state index in [1.54, 1.807) is 6.20 Å². The third kappa shape index (κ3) is 3.60. The molecule has 1 atom stereocenters. The van der Waals surface area contributed by atoms with Crippen molar-refractivity contribution in [2.75, 3.05) is 18.8 Å². The lowest BCUT2D eigenvalue weighted by molar-refractivity contribution is 0.0263. The Kier molecular flexibility index (Phi) is 4.38. The van der Waals surface area contributed by atoms with Crippen LogP contribution in [0.4, 0.5) is 0 Å². The number of hydrogen-bond acceptors (Lipinski definition) is 4. The van der Waals surface area contributed by atoms with Gasteiger partial charge in [0.25, 0.3) is 0 Å². The molecule has 3 nitrogen and oxygen atoms in total. The van der Waals surface area contributed by atoms with Crippen molar-refractivity contribution in [2.45, 2.75) is 30.4 Å². The molecule has 0 radical (unpaired) electrons. The van der Waals surface area contributed by atoms with Gasteiger partial charge in [-0.05, 0) is 23.6 Å². The highest BCUT2D eigenvalue weighted by molar-refractivity contribution is 8.01. The second-order valence-corrected chi connectivity index (χ2v) is 8.11. The Morgan fingerprint density at radius 2 is 1.96 bits per heavy atom. The standard InChI is InChI=1S/C19H22N2OS/c1-2-5-16(6-3-1)11-21-14-19(15-21)9-18(13-23-19)22-12-17-7-4-8-20-10-17/h1-8,10,18H,9,11-15H2/t18-/m0/s1. The summed E-state index contributed by atoms with van der Waals surface area (Å²) < 4.78 is 6.53. The first-order valence-electron chi connectivity index (χ1n) is 8.22. The largest absolute Gasteiger partial charge is 0.373 e. The summed E-state index contributed by atoms with van der Waals surface area (Å²) in [7, 11) is 0. The fourth-order valence-electron chi connectivity index (χ4n) is 3.55. The monoisotopic (exact) mass is 326 g/mol. The van der Waals surface area contributed by atoms with E-state index in [-0.39, 0.29) is 0 Å². The molecule has 0 amide bonds. The number of hydrogen-bond donors (Lipinski definition) is 0. The van der Waals surface area contributed by atoms with Gasteiger partial charge < -0.3 is 4.74 Å². The van der Waals surface area contributed by atoms with E-state index in [9.17, 15) is 0 Å². The summed E-state index contributed by atoms with van der Waals surface area (Å²) >= 11 is 2.11. The Balaban J connectivity index is 1.24. The lowest BCUT2D eigenvalue weighted by Gasteiger charge is -2.47. The molecule has 2 aromatic rings. The van der Waals surface area contributed by atoms with E-state index in [1.165, 1.54) is 25.1 Å². The third-order valence-electron chi connectivity index (χ3n) is 4.66. The second kappa shape index (κ2) is 6.63. The van der Waals surface area contributed by atoms with Gasteiger partial charge >= 0.3 is 0 Å². The average Bonchev–Trinajstić information content (AvgIpc) is 2.99. The van der Waals surface area contributed by atoms with Crippen molar-refractivity contribution < 1.29 is 4.74 Å². The van der Waals surface area contributed by atoms with E-state index in [0.29, 0.717) is 17.5 Å². The Hall–Kier alpha value is -1.36. The average molecular weight is 326 g/mol. The maximum absolute atomic E-state index is 6.09. The minimum atomic E-state index is 0.388. The lowest BCUT2D eigenvalue weighted by Crippen LogP contribution is -2.58. The normalized spacial score (nSPS) is 23.0. The Bertz CT molecular complexity index is 628. The molecule has 1 aromatic heterocycles. The first kappa shape index (κ1) is 15.2. The van der Waals surface area contributed by atoms with Gasteiger partial charge in [0.05, 0.1) is 12.7 Å². The number of aromatic nitrogens is 1. The fourth-order valence-corrected chi connectivity index (χ4v) is 5.15. The summed E-state index contributed by atoms with van der Waals surface area (Å²) in [6.45, 7) is 4.14. The number of pyridine rings is 1. The highest BCUT2D eigenvalue weighted by Crippen LogP contribution is 2.46. The predicted molar refractivity (Wildman–Crippen MR) is 94.3 cm³/mol. The van der Waals surface area contributed by atoms with Gasteiger partial charge in [0.2, 0.25) is 0 Å². The molecule has 0 saturated carbocycles. The van der Waals surface area contributed by atoms with Gasteiger partial charge in [-0.1, -0.05) is 36.4 Å². The first-order valence-corrected chi connectivity index (χ1v) is 9.21. The number of rotatable bonds is 5. The SMILES string of the molecule is c1ccc(CN2CC3(C[C@H](OCc4cccnc4)CS3)C2)cc1. The molecule has 4 heteroatoms. The molecule has 23 heavy (non-hydrogen) atoms. The van der Waals surface area contributed by atoms with E-state index in [0.717, 1.165) is 17.9 Å². The van der Waals surface area contributed by atoms with Crippen LogP contribution in [0.1, 0.15) is 17.5 Å². The lowest BCUT2D eigenvalue weighted by atomic mass is 9.92.